The fraction of sp³-hybridized carbons (Fsp3) is 0.684. The van der Waals surface area contributed by atoms with Crippen LogP contribution in [-0.2, 0) is 12.0 Å². The molecule has 0 radical (unpaired) electrons. The van der Waals surface area contributed by atoms with Crippen molar-refractivity contribution in [3.8, 4) is 5.75 Å². The summed E-state index contributed by atoms with van der Waals surface area (Å²) in [6.07, 6.45) is 10.2. The third kappa shape index (κ3) is 2.70. The lowest BCUT2D eigenvalue weighted by Gasteiger charge is -2.45. The molecule has 0 spiro atoms. The predicted molar refractivity (Wildman–Crippen MR) is 87.5 cm³/mol. The van der Waals surface area contributed by atoms with E-state index >= 15 is 0 Å². The highest BCUT2D eigenvalue weighted by Gasteiger charge is 2.41. The first kappa shape index (κ1) is 14.9. The molecule has 0 aromatic heterocycles. The van der Waals surface area contributed by atoms with Crippen molar-refractivity contribution in [1.29, 1.82) is 0 Å². The standard InChI is InChI=1S/C19H29NO/c1-3-14-6-9-16(10-7-14)19(20)12-4-5-15-8-11-17(21-2)13-18(15)19/h8,11,13-14,16H,3-7,9-10,12,20H2,1-2H3. The molecule has 0 amide bonds. The van der Waals surface area contributed by atoms with Crippen molar-refractivity contribution in [2.24, 2.45) is 17.6 Å². The average Bonchev–Trinajstić information content (AvgIpc) is 2.55. The lowest BCUT2D eigenvalue weighted by atomic mass is 9.64. The van der Waals surface area contributed by atoms with Gasteiger partial charge in [-0.2, -0.15) is 0 Å². The Labute approximate surface area is 129 Å². The highest BCUT2D eigenvalue weighted by atomic mass is 16.5. The second kappa shape index (κ2) is 6.00. The summed E-state index contributed by atoms with van der Waals surface area (Å²) in [4.78, 5) is 0. The van der Waals surface area contributed by atoms with Crippen molar-refractivity contribution in [3.63, 3.8) is 0 Å². The highest BCUT2D eigenvalue weighted by Crippen LogP contribution is 2.46. The summed E-state index contributed by atoms with van der Waals surface area (Å²) in [6.45, 7) is 2.32. The van der Waals surface area contributed by atoms with Crippen LogP contribution in [0.2, 0.25) is 0 Å². The summed E-state index contributed by atoms with van der Waals surface area (Å²) >= 11 is 0. The van der Waals surface area contributed by atoms with Crippen molar-refractivity contribution >= 4 is 0 Å². The third-order valence-electron chi connectivity index (χ3n) is 6.01. The van der Waals surface area contributed by atoms with Gasteiger partial charge in [0.2, 0.25) is 0 Å². The van der Waals surface area contributed by atoms with Crippen molar-refractivity contribution in [2.45, 2.75) is 63.8 Å². The molecule has 2 N–H and O–H groups in total. The fourth-order valence-corrected chi connectivity index (χ4v) is 4.55. The molecule has 0 heterocycles. The molecular formula is C19H29NO. The van der Waals surface area contributed by atoms with Crippen LogP contribution in [-0.4, -0.2) is 7.11 Å². The first-order chi connectivity index (χ1) is 10.2. The molecule has 2 nitrogen and oxygen atoms in total. The van der Waals surface area contributed by atoms with Gasteiger partial charge >= 0.3 is 0 Å². The van der Waals surface area contributed by atoms with Gasteiger partial charge in [-0.1, -0.05) is 32.3 Å². The Morgan fingerprint density at radius 3 is 2.67 bits per heavy atom. The summed E-state index contributed by atoms with van der Waals surface area (Å²) < 4.78 is 5.44. The van der Waals surface area contributed by atoms with Gasteiger partial charge in [0.15, 0.2) is 0 Å². The fourth-order valence-electron chi connectivity index (χ4n) is 4.55. The average molecular weight is 287 g/mol. The van der Waals surface area contributed by atoms with E-state index < -0.39 is 0 Å². The number of benzene rings is 1. The molecule has 0 aliphatic heterocycles. The van der Waals surface area contributed by atoms with Gasteiger partial charge in [-0.15, -0.1) is 0 Å². The molecule has 1 saturated carbocycles. The van der Waals surface area contributed by atoms with Crippen molar-refractivity contribution in [1.82, 2.24) is 0 Å². The topological polar surface area (TPSA) is 35.2 Å². The van der Waals surface area contributed by atoms with Crippen molar-refractivity contribution < 1.29 is 4.74 Å². The zero-order chi connectivity index (χ0) is 14.9. The Morgan fingerprint density at radius 1 is 1.24 bits per heavy atom. The Bertz CT molecular complexity index is 490. The Balaban J connectivity index is 1.88. The molecule has 1 atom stereocenters. The van der Waals surface area contributed by atoms with E-state index in [0.717, 1.165) is 18.1 Å². The Kier molecular flexibility index (Phi) is 4.26. The molecule has 116 valence electrons. The summed E-state index contributed by atoms with van der Waals surface area (Å²) in [6, 6.07) is 6.52. The molecule has 21 heavy (non-hydrogen) atoms. The lowest BCUT2D eigenvalue weighted by molar-refractivity contribution is 0.152. The second-order valence-electron chi connectivity index (χ2n) is 7.04. The van der Waals surface area contributed by atoms with Gasteiger partial charge in [0.25, 0.3) is 0 Å². The van der Waals surface area contributed by atoms with E-state index in [-0.39, 0.29) is 5.54 Å². The van der Waals surface area contributed by atoms with E-state index in [1.54, 1.807) is 7.11 Å². The molecular weight excluding hydrogens is 258 g/mol. The minimum absolute atomic E-state index is 0.124. The summed E-state index contributed by atoms with van der Waals surface area (Å²) in [5.74, 6) is 2.53. The predicted octanol–water partition coefficient (Wildman–Crippen LogP) is 4.40. The SMILES string of the molecule is CCC1CCC(C2(N)CCCc3ccc(OC)cc32)CC1. The largest absolute Gasteiger partial charge is 0.497 e. The maximum Gasteiger partial charge on any atom is 0.119 e. The monoisotopic (exact) mass is 287 g/mol. The van der Waals surface area contributed by atoms with Gasteiger partial charge < -0.3 is 10.5 Å². The molecule has 1 aromatic rings. The molecule has 1 fully saturated rings. The van der Waals surface area contributed by atoms with Crippen LogP contribution < -0.4 is 10.5 Å². The van der Waals surface area contributed by atoms with Crippen LogP contribution in [0.25, 0.3) is 0 Å². The maximum atomic E-state index is 7.00. The van der Waals surface area contributed by atoms with Gasteiger partial charge in [-0.05, 0) is 67.2 Å². The number of aryl methyl sites for hydroxylation is 1. The summed E-state index contributed by atoms with van der Waals surface area (Å²) in [7, 11) is 1.75. The molecule has 2 aliphatic rings. The molecule has 0 bridgehead atoms. The summed E-state index contributed by atoms with van der Waals surface area (Å²) in [5.41, 5.74) is 9.69. The van der Waals surface area contributed by atoms with Gasteiger partial charge in [-0.25, -0.2) is 0 Å². The quantitative estimate of drug-likeness (QED) is 0.894. The first-order valence-corrected chi connectivity index (χ1v) is 8.63. The summed E-state index contributed by atoms with van der Waals surface area (Å²) in [5, 5.41) is 0. The Hall–Kier alpha value is -1.02. The lowest BCUT2D eigenvalue weighted by Crippen LogP contribution is -2.48. The van der Waals surface area contributed by atoms with Gasteiger partial charge in [0.05, 0.1) is 7.11 Å². The van der Waals surface area contributed by atoms with E-state index in [0.29, 0.717) is 5.92 Å². The molecule has 3 rings (SSSR count). The van der Waals surface area contributed by atoms with E-state index in [2.05, 4.69) is 25.1 Å². The van der Waals surface area contributed by atoms with Crippen LogP contribution in [0.4, 0.5) is 0 Å². The molecule has 2 heteroatoms. The Morgan fingerprint density at radius 2 is 2.00 bits per heavy atom. The number of hydrogen-bond acceptors (Lipinski definition) is 2. The molecule has 1 aromatic carbocycles. The van der Waals surface area contributed by atoms with Crippen LogP contribution >= 0.6 is 0 Å². The number of rotatable bonds is 3. The minimum atomic E-state index is -0.124. The third-order valence-corrected chi connectivity index (χ3v) is 6.01. The molecule has 1 unspecified atom stereocenters. The van der Waals surface area contributed by atoms with Crippen LogP contribution in [0, 0.1) is 11.8 Å². The van der Waals surface area contributed by atoms with Crippen molar-refractivity contribution in [3.05, 3.63) is 29.3 Å². The van der Waals surface area contributed by atoms with E-state index in [1.165, 1.54) is 56.1 Å². The van der Waals surface area contributed by atoms with Gasteiger partial charge in [0.1, 0.15) is 5.75 Å². The van der Waals surface area contributed by atoms with Crippen LogP contribution in [0.15, 0.2) is 18.2 Å². The first-order valence-electron chi connectivity index (χ1n) is 8.63. The van der Waals surface area contributed by atoms with Gasteiger partial charge in [-0.3, -0.25) is 0 Å². The highest BCUT2D eigenvalue weighted by molar-refractivity contribution is 5.42. The number of methoxy groups -OCH3 is 1. The minimum Gasteiger partial charge on any atom is -0.497 e. The number of fused-ring (bicyclic) bond motifs is 1. The molecule has 0 saturated heterocycles. The van der Waals surface area contributed by atoms with E-state index in [9.17, 15) is 0 Å². The smallest absolute Gasteiger partial charge is 0.119 e. The number of ether oxygens (including phenoxy) is 1. The second-order valence-corrected chi connectivity index (χ2v) is 7.04. The van der Waals surface area contributed by atoms with Gasteiger partial charge in [0, 0.05) is 5.54 Å². The van der Waals surface area contributed by atoms with Crippen LogP contribution in [0.3, 0.4) is 0 Å². The zero-order valence-electron chi connectivity index (χ0n) is 13.5. The van der Waals surface area contributed by atoms with Crippen LogP contribution in [0.5, 0.6) is 5.75 Å². The van der Waals surface area contributed by atoms with E-state index in [4.69, 9.17) is 10.5 Å². The number of nitrogens with two attached hydrogens (primary N) is 1. The number of hydrogen-bond donors (Lipinski definition) is 1. The van der Waals surface area contributed by atoms with E-state index in [1.807, 2.05) is 0 Å². The maximum absolute atomic E-state index is 7.00. The van der Waals surface area contributed by atoms with Crippen molar-refractivity contribution in [2.75, 3.05) is 7.11 Å². The molecule has 2 aliphatic carbocycles. The normalized spacial score (nSPS) is 32.5. The van der Waals surface area contributed by atoms with Crippen LogP contribution in [0.1, 0.15) is 63.0 Å². The zero-order valence-corrected chi connectivity index (χ0v) is 13.5.